The first kappa shape index (κ1) is 22.0. The highest BCUT2D eigenvalue weighted by molar-refractivity contribution is 7.80. The molecule has 0 bridgehead atoms. The summed E-state index contributed by atoms with van der Waals surface area (Å²) in [6, 6.07) is 6.19. The molecule has 3 rings (SSSR count). The first-order chi connectivity index (χ1) is 13.9. The van der Waals surface area contributed by atoms with Crippen LogP contribution in [-0.2, 0) is 4.79 Å². The first-order valence-electron chi connectivity index (χ1n) is 10.8. The molecule has 7 heteroatoms. The topological polar surface area (TPSA) is 47.6 Å². The normalized spacial score (nSPS) is 19.4. The number of nitrogens with one attached hydrogen (secondary N) is 2. The smallest absolute Gasteiger partial charge is 0.237 e. The van der Waals surface area contributed by atoms with E-state index in [0.717, 1.165) is 51.3 Å². The standard InChI is InChI=1S/C22H33FN4OS/c1-16(2)15-24-21(28)20(17-5-3-4-6-17)26-11-13-27(14-12-26)22(29)25-19-9-7-18(23)8-10-19/h7-10,16-17,20H,3-6,11-15H2,1-2H3,(H,24,28)(H,25,29). The second kappa shape index (κ2) is 10.3. The minimum atomic E-state index is -0.260. The van der Waals surface area contributed by atoms with Crippen molar-refractivity contribution in [2.24, 2.45) is 11.8 Å². The Kier molecular flexibility index (Phi) is 7.84. The number of hydrogen-bond donors (Lipinski definition) is 2. The van der Waals surface area contributed by atoms with E-state index >= 15 is 0 Å². The molecule has 0 aromatic heterocycles. The second-order valence-corrected chi connectivity index (χ2v) is 8.98. The zero-order chi connectivity index (χ0) is 20.8. The quantitative estimate of drug-likeness (QED) is 0.690. The third-order valence-corrected chi connectivity index (χ3v) is 6.25. The van der Waals surface area contributed by atoms with Crippen molar-refractivity contribution in [1.82, 2.24) is 15.1 Å². The fourth-order valence-corrected chi connectivity index (χ4v) is 4.60. The minimum absolute atomic E-state index is 0.0305. The molecule has 1 atom stereocenters. The zero-order valence-electron chi connectivity index (χ0n) is 17.5. The number of hydrogen-bond acceptors (Lipinski definition) is 3. The maximum atomic E-state index is 13.1. The van der Waals surface area contributed by atoms with Crippen molar-refractivity contribution in [3.8, 4) is 0 Å². The summed E-state index contributed by atoms with van der Waals surface area (Å²) in [4.78, 5) is 17.5. The number of carbonyl (C=O) groups excluding carboxylic acids is 1. The van der Waals surface area contributed by atoms with Gasteiger partial charge in [-0.25, -0.2) is 4.39 Å². The van der Waals surface area contributed by atoms with Gasteiger partial charge in [-0.15, -0.1) is 0 Å². The molecule has 1 aromatic carbocycles. The van der Waals surface area contributed by atoms with Crippen LogP contribution in [0.15, 0.2) is 24.3 Å². The van der Waals surface area contributed by atoms with Gasteiger partial charge in [-0.3, -0.25) is 9.69 Å². The predicted molar refractivity (Wildman–Crippen MR) is 119 cm³/mol. The summed E-state index contributed by atoms with van der Waals surface area (Å²) < 4.78 is 13.1. The number of piperazine rings is 1. The van der Waals surface area contributed by atoms with E-state index in [9.17, 15) is 9.18 Å². The van der Waals surface area contributed by atoms with Crippen LogP contribution in [0.2, 0.25) is 0 Å². The Hall–Kier alpha value is -1.73. The Morgan fingerprint density at radius 3 is 2.34 bits per heavy atom. The van der Waals surface area contributed by atoms with Gasteiger partial charge in [0, 0.05) is 38.4 Å². The Balaban J connectivity index is 1.56. The molecule has 1 heterocycles. The number of halogens is 1. The van der Waals surface area contributed by atoms with Gasteiger partial charge in [-0.2, -0.15) is 0 Å². The average molecular weight is 421 g/mol. The van der Waals surface area contributed by atoms with Crippen molar-refractivity contribution in [3.63, 3.8) is 0 Å². The van der Waals surface area contributed by atoms with Gasteiger partial charge in [0.25, 0.3) is 0 Å². The molecule has 1 saturated heterocycles. The van der Waals surface area contributed by atoms with Gasteiger partial charge in [0.1, 0.15) is 5.82 Å². The van der Waals surface area contributed by atoms with Gasteiger partial charge < -0.3 is 15.5 Å². The van der Waals surface area contributed by atoms with Crippen LogP contribution in [-0.4, -0.2) is 59.6 Å². The van der Waals surface area contributed by atoms with E-state index in [0.29, 0.717) is 16.9 Å². The Morgan fingerprint density at radius 2 is 1.76 bits per heavy atom. The number of benzene rings is 1. The number of amides is 1. The molecule has 29 heavy (non-hydrogen) atoms. The maximum Gasteiger partial charge on any atom is 0.237 e. The lowest BCUT2D eigenvalue weighted by molar-refractivity contribution is -0.129. The van der Waals surface area contributed by atoms with E-state index < -0.39 is 0 Å². The molecule has 1 aromatic rings. The summed E-state index contributed by atoms with van der Waals surface area (Å²) in [5.41, 5.74) is 0.788. The molecule has 5 nitrogen and oxygen atoms in total. The molecule has 1 aliphatic heterocycles. The predicted octanol–water partition coefficient (Wildman–Crippen LogP) is 3.47. The molecule has 2 N–H and O–H groups in total. The summed E-state index contributed by atoms with van der Waals surface area (Å²) in [6.07, 6.45) is 4.74. The van der Waals surface area contributed by atoms with E-state index in [2.05, 4.69) is 34.3 Å². The number of rotatable bonds is 6. The first-order valence-corrected chi connectivity index (χ1v) is 11.2. The maximum absolute atomic E-state index is 13.1. The third-order valence-electron chi connectivity index (χ3n) is 5.89. The van der Waals surface area contributed by atoms with E-state index in [4.69, 9.17) is 12.2 Å². The monoisotopic (exact) mass is 420 g/mol. The highest BCUT2D eigenvalue weighted by Crippen LogP contribution is 2.31. The molecule has 1 aliphatic carbocycles. The summed E-state index contributed by atoms with van der Waals surface area (Å²) >= 11 is 5.55. The van der Waals surface area contributed by atoms with E-state index in [-0.39, 0.29) is 17.8 Å². The van der Waals surface area contributed by atoms with Crippen molar-refractivity contribution in [2.45, 2.75) is 45.6 Å². The van der Waals surface area contributed by atoms with Crippen LogP contribution in [0.1, 0.15) is 39.5 Å². The summed E-state index contributed by atoms with van der Waals surface area (Å²) in [6.45, 7) is 8.19. The molecule has 2 aliphatic rings. The highest BCUT2D eigenvalue weighted by atomic mass is 32.1. The van der Waals surface area contributed by atoms with Crippen molar-refractivity contribution >= 4 is 28.9 Å². The lowest BCUT2D eigenvalue weighted by atomic mass is 9.95. The van der Waals surface area contributed by atoms with Gasteiger partial charge in [0.15, 0.2) is 5.11 Å². The van der Waals surface area contributed by atoms with E-state index in [1.165, 1.54) is 25.0 Å². The van der Waals surface area contributed by atoms with Crippen molar-refractivity contribution < 1.29 is 9.18 Å². The molecule has 1 unspecified atom stereocenters. The lowest BCUT2D eigenvalue weighted by Crippen LogP contribution is -2.58. The van der Waals surface area contributed by atoms with Gasteiger partial charge in [-0.1, -0.05) is 26.7 Å². The molecule has 1 amide bonds. The van der Waals surface area contributed by atoms with Gasteiger partial charge in [0.2, 0.25) is 5.91 Å². The van der Waals surface area contributed by atoms with Crippen LogP contribution in [0.4, 0.5) is 10.1 Å². The van der Waals surface area contributed by atoms with Gasteiger partial charge in [0.05, 0.1) is 6.04 Å². The number of thiocarbonyl (C=S) groups is 1. The van der Waals surface area contributed by atoms with Crippen molar-refractivity contribution in [3.05, 3.63) is 30.1 Å². The second-order valence-electron chi connectivity index (χ2n) is 8.59. The summed E-state index contributed by atoms with van der Waals surface area (Å²) in [5, 5.41) is 7.00. The highest BCUT2D eigenvalue weighted by Gasteiger charge is 2.36. The van der Waals surface area contributed by atoms with Crippen LogP contribution in [0.5, 0.6) is 0 Å². The number of anilines is 1. The molecular weight excluding hydrogens is 387 g/mol. The average Bonchev–Trinajstić information content (AvgIpc) is 3.23. The van der Waals surface area contributed by atoms with E-state index in [1.54, 1.807) is 12.1 Å². The summed E-state index contributed by atoms with van der Waals surface area (Å²) in [7, 11) is 0. The van der Waals surface area contributed by atoms with E-state index in [1.807, 2.05) is 0 Å². The Labute approximate surface area is 179 Å². The summed E-state index contributed by atoms with van der Waals surface area (Å²) in [5.74, 6) is 0.836. The Bertz CT molecular complexity index is 683. The van der Waals surface area contributed by atoms with Crippen LogP contribution in [0.3, 0.4) is 0 Å². The third kappa shape index (κ3) is 6.12. The molecule has 0 radical (unpaired) electrons. The van der Waals surface area contributed by atoms with Gasteiger partial charge >= 0.3 is 0 Å². The fraction of sp³-hybridized carbons (Fsp3) is 0.636. The number of carbonyl (C=O) groups is 1. The van der Waals surface area contributed by atoms with Crippen LogP contribution >= 0.6 is 12.2 Å². The molecule has 160 valence electrons. The van der Waals surface area contributed by atoms with Gasteiger partial charge in [-0.05, 0) is 61.2 Å². The lowest BCUT2D eigenvalue weighted by Gasteiger charge is -2.41. The molecule has 0 spiro atoms. The van der Waals surface area contributed by atoms with Crippen LogP contribution in [0, 0.1) is 17.7 Å². The fourth-order valence-electron chi connectivity index (χ4n) is 4.30. The SMILES string of the molecule is CC(C)CNC(=O)C(C1CCCC1)N1CCN(C(=S)Nc2ccc(F)cc2)CC1. The largest absolute Gasteiger partial charge is 0.354 e. The van der Waals surface area contributed by atoms with Crippen molar-refractivity contribution in [1.29, 1.82) is 0 Å². The van der Waals surface area contributed by atoms with Crippen molar-refractivity contribution in [2.75, 3.05) is 38.0 Å². The Morgan fingerprint density at radius 1 is 1.14 bits per heavy atom. The minimum Gasteiger partial charge on any atom is -0.354 e. The zero-order valence-corrected chi connectivity index (χ0v) is 18.3. The van der Waals surface area contributed by atoms with Crippen LogP contribution in [0.25, 0.3) is 0 Å². The molecular formula is C22H33FN4OS. The molecule has 1 saturated carbocycles. The molecule has 2 fully saturated rings. The van der Waals surface area contributed by atoms with Crippen LogP contribution < -0.4 is 10.6 Å². The number of nitrogens with zero attached hydrogens (tertiary/aromatic N) is 2.